The van der Waals surface area contributed by atoms with Gasteiger partial charge in [-0.15, -0.1) is 0 Å². The number of carbonyl (C=O) groups excluding carboxylic acids is 1. The highest BCUT2D eigenvalue weighted by Gasteiger charge is 2.27. The summed E-state index contributed by atoms with van der Waals surface area (Å²) in [5.41, 5.74) is 6.90. The van der Waals surface area contributed by atoms with Crippen LogP contribution in [0.15, 0.2) is 18.2 Å². The summed E-state index contributed by atoms with van der Waals surface area (Å²) in [6.45, 7) is 0.483. The van der Waals surface area contributed by atoms with Crippen molar-refractivity contribution in [1.82, 2.24) is 5.32 Å². The highest BCUT2D eigenvalue weighted by molar-refractivity contribution is 5.79. The maximum absolute atomic E-state index is 12.3. The molecule has 5 nitrogen and oxygen atoms in total. The Kier molecular flexibility index (Phi) is 5.61. The van der Waals surface area contributed by atoms with Crippen molar-refractivity contribution in [2.24, 2.45) is 11.7 Å². The van der Waals surface area contributed by atoms with Gasteiger partial charge in [0.2, 0.25) is 5.91 Å². The third-order valence-corrected chi connectivity index (χ3v) is 5.17. The number of ether oxygens (including phenoxy) is 2. The average Bonchev–Trinajstić information content (AvgIpc) is 3.25. The van der Waals surface area contributed by atoms with Crippen LogP contribution in [0.25, 0.3) is 0 Å². The largest absolute Gasteiger partial charge is 0.497 e. The molecule has 0 heterocycles. The molecule has 2 atom stereocenters. The average molecular weight is 332 g/mol. The lowest BCUT2D eigenvalue weighted by molar-refractivity contribution is -0.125. The van der Waals surface area contributed by atoms with E-state index >= 15 is 0 Å². The molecule has 3 N–H and O–H groups in total. The molecule has 2 aliphatic carbocycles. The summed E-state index contributed by atoms with van der Waals surface area (Å²) in [5.74, 6) is 1.76. The molecule has 2 saturated carbocycles. The van der Waals surface area contributed by atoms with Crippen molar-refractivity contribution >= 4 is 5.91 Å². The smallest absolute Gasteiger partial charge is 0.223 e. The van der Waals surface area contributed by atoms with Crippen LogP contribution in [-0.2, 0) is 11.3 Å². The predicted molar refractivity (Wildman–Crippen MR) is 93.0 cm³/mol. The molecular formula is C19H28N2O3. The summed E-state index contributed by atoms with van der Waals surface area (Å²) < 4.78 is 11.5. The summed E-state index contributed by atoms with van der Waals surface area (Å²) in [4.78, 5) is 12.3. The third kappa shape index (κ3) is 4.20. The molecule has 3 rings (SSSR count). The van der Waals surface area contributed by atoms with Crippen LogP contribution in [-0.4, -0.2) is 25.2 Å². The molecule has 2 aliphatic rings. The van der Waals surface area contributed by atoms with E-state index in [1.165, 1.54) is 12.8 Å². The number of amides is 1. The minimum Gasteiger partial charge on any atom is -0.497 e. The monoisotopic (exact) mass is 332 g/mol. The van der Waals surface area contributed by atoms with E-state index in [1.807, 2.05) is 18.2 Å². The maximum atomic E-state index is 12.3. The fourth-order valence-corrected chi connectivity index (χ4v) is 3.68. The first-order valence-electron chi connectivity index (χ1n) is 9.02. The summed E-state index contributed by atoms with van der Waals surface area (Å²) in [6, 6.07) is 5.98. The molecule has 1 amide bonds. The quantitative estimate of drug-likeness (QED) is 0.840. The number of benzene rings is 1. The molecule has 0 saturated heterocycles. The number of carbonyl (C=O) groups is 1. The van der Waals surface area contributed by atoms with Crippen molar-refractivity contribution < 1.29 is 14.3 Å². The molecule has 5 heteroatoms. The number of nitrogens with one attached hydrogen (secondary N) is 1. The molecule has 2 unspecified atom stereocenters. The first-order chi connectivity index (χ1) is 11.7. The fourth-order valence-electron chi connectivity index (χ4n) is 3.68. The number of methoxy groups -OCH3 is 1. The Morgan fingerprint density at radius 1 is 1.25 bits per heavy atom. The van der Waals surface area contributed by atoms with E-state index in [1.54, 1.807) is 7.11 Å². The Morgan fingerprint density at radius 2 is 2.04 bits per heavy atom. The SMILES string of the molecule is COc1ccc(CNC(=O)C2CCC(N)C2)c(OC2CCCC2)c1. The number of rotatable bonds is 6. The van der Waals surface area contributed by atoms with Gasteiger partial charge in [0.25, 0.3) is 0 Å². The van der Waals surface area contributed by atoms with Gasteiger partial charge in [0.05, 0.1) is 13.2 Å². The molecule has 1 aromatic carbocycles. The predicted octanol–water partition coefficient (Wildman–Crippen LogP) is 2.76. The van der Waals surface area contributed by atoms with Crippen LogP contribution in [0.1, 0.15) is 50.5 Å². The fraction of sp³-hybridized carbons (Fsp3) is 0.632. The van der Waals surface area contributed by atoms with Crippen molar-refractivity contribution in [3.8, 4) is 11.5 Å². The van der Waals surface area contributed by atoms with E-state index in [0.717, 1.165) is 49.2 Å². The van der Waals surface area contributed by atoms with Gasteiger partial charge in [0, 0.05) is 30.1 Å². The van der Waals surface area contributed by atoms with Crippen molar-refractivity contribution in [2.45, 2.75) is 63.6 Å². The van der Waals surface area contributed by atoms with Gasteiger partial charge in [0.15, 0.2) is 0 Å². The van der Waals surface area contributed by atoms with Crippen LogP contribution in [0.3, 0.4) is 0 Å². The number of nitrogens with two attached hydrogens (primary N) is 1. The van der Waals surface area contributed by atoms with Gasteiger partial charge in [-0.25, -0.2) is 0 Å². The minimum atomic E-state index is 0.0532. The third-order valence-electron chi connectivity index (χ3n) is 5.17. The second kappa shape index (κ2) is 7.88. The number of hydrogen-bond acceptors (Lipinski definition) is 4. The van der Waals surface area contributed by atoms with Gasteiger partial charge in [-0.2, -0.15) is 0 Å². The van der Waals surface area contributed by atoms with Gasteiger partial charge in [-0.05, 0) is 57.1 Å². The molecule has 1 aromatic rings. The van der Waals surface area contributed by atoms with E-state index in [0.29, 0.717) is 6.54 Å². The Balaban J connectivity index is 1.63. The second-order valence-corrected chi connectivity index (χ2v) is 6.99. The molecule has 0 aromatic heterocycles. The van der Waals surface area contributed by atoms with E-state index in [-0.39, 0.29) is 24.0 Å². The normalized spacial score (nSPS) is 24.1. The van der Waals surface area contributed by atoms with Crippen LogP contribution < -0.4 is 20.5 Å². The van der Waals surface area contributed by atoms with Crippen molar-refractivity contribution in [3.63, 3.8) is 0 Å². The van der Waals surface area contributed by atoms with Gasteiger partial charge in [-0.1, -0.05) is 0 Å². The van der Waals surface area contributed by atoms with Gasteiger partial charge >= 0.3 is 0 Å². The lowest BCUT2D eigenvalue weighted by Gasteiger charge is -2.18. The minimum absolute atomic E-state index is 0.0532. The molecule has 0 aliphatic heterocycles. The second-order valence-electron chi connectivity index (χ2n) is 6.99. The topological polar surface area (TPSA) is 73.6 Å². The molecule has 0 bridgehead atoms. The highest BCUT2D eigenvalue weighted by atomic mass is 16.5. The zero-order valence-electron chi connectivity index (χ0n) is 14.4. The van der Waals surface area contributed by atoms with Crippen molar-refractivity contribution in [3.05, 3.63) is 23.8 Å². The molecule has 2 fully saturated rings. The molecule has 132 valence electrons. The molecule has 0 spiro atoms. The summed E-state index contributed by atoms with van der Waals surface area (Å²) in [5, 5.41) is 3.05. The lowest BCUT2D eigenvalue weighted by atomic mass is 10.1. The zero-order chi connectivity index (χ0) is 16.9. The van der Waals surface area contributed by atoms with Crippen LogP contribution in [0.4, 0.5) is 0 Å². The Bertz CT molecular complexity index is 570. The molecular weight excluding hydrogens is 304 g/mol. The first-order valence-corrected chi connectivity index (χ1v) is 9.02. The summed E-state index contributed by atoms with van der Waals surface area (Å²) in [6.07, 6.45) is 7.55. The van der Waals surface area contributed by atoms with E-state index in [2.05, 4.69) is 5.32 Å². The van der Waals surface area contributed by atoms with Gasteiger partial charge < -0.3 is 20.5 Å². The van der Waals surface area contributed by atoms with Gasteiger partial charge in [0.1, 0.15) is 11.5 Å². The van der Waals surface area contributed by atoms with Gasteiger partial charge in [-0.3, -0.25) is 4.79 Å². The summed E-state index contributed by atoms with van der Waals surface area (Å²) in [7, 11) is 1.65. The standard InChI is InChI=1S/C19H28N2O3/c1-23-17-9-7-14(18(11-17)24-16-4-2-3-5-16)12-21-19(22)13-6-8-15(20)10-13/h7,9,11,13,15-16H,2-6,8,10,12,20H2,1H3,(H,21,22). The maximum Gasteiger partial charge on any atom is 0.223 e. The van der Waals surface area contributed by atoms with Crippen LogP contribution >= 0.6 is 0 Å². The zero-order valence-corrected chi connectivity index (χ0v) is 14.4. The lowest BCUT2D eigenvalue weighted by Crippen LogP contribution is -2.30. The Morgan fingerprint density at radius 3 is 2.71 bits per heavy atom. The van der Waals surface area contributed by atoms with Crippen LogP contribution in [0.5, 0.6) is 11.5 Å². The van der Waals surface area contributed by atoms with Crippen LogP contribution in [0, 0.1) is 5.92 Å². The summed E-state index contributed by atoms with van der Waals surface area (Å²) >= 11 is 0. The highest BCUT2D eigenvalue weighted by Crippen LogP contribution is 2.30. The van der Waals surface area contributed by atoms with Crippen LogP contribution in [0.2, 0.25) is 0 Å². The van der Waals surface area contributed by atoms with E-state index in [9.17, 15) is 4.79 Å². The van der Waals surface area contributed by atoms with E-state index < -0.39 is 0 Å². The van der Waals surface area contributed by atoms with Crippen molar-refractivity contribution in [1.29, 1.82) is 0 Å². The molecule has 0 radical (unpaired) electrons. The van der Waals surface area contributed by atoms with Crippen molar-refractivity contribution in [2.75, 3.05) is 7.11 Å². The Labute approximate surface area is 143 Å². The Hall–Kier alpha value is -1.75. The van der Waals surface area contributed by atoms with E-state index in [4.69, 9.17) is 15.2 Å². The number of hydrogen-bond donors (Lipinski definition) is 2. The molecule has 24 heavy (non-hydrogen) atoms. The first kappa shape index (κ1) is 17.1.